The maximum atomic E-state index is 13.1. The van der Waals surface area contributed by atoms with Gasteiger partial charge in [0.2, 0.25) is 0 Å². The van der Waals surface area contributed by atoms with Gasteiger partial charge in [0.05, 0.1) is 17.2 Å². The third-order valence-corrected chi connectivity index (χ3v) is 6.87. The minimum atomic E-state index is -3.84. The number of amides is 1. The second kappa shape index (κ2) is 8.66. The van der Waals surface area contributed by atoms with Crippen LogP contribution in [0.5, 0.6) is 11.5 Å². The smallest absolute Gasteiger partial charge is 0.264 e. The largest absolute Gasteiger partial charge is 0.457 e. The van der Waals surface area contributed by atoms with Crippen molar-refractivity contribution in [2.75, 3.05) is 18.8 Å². The fourth-order valence-corrected chi connectivity index (χ4v) is 5.41. The van der Waals surface area contributed by atoms with Crippen LogP contribution in [0.15, 0.2) is 59.5 Å². The summed E-state index contributed by atoms with van der Waals surface area (Å²) in [6, 6.07) is 15.1. The summed E-state index contributed by atoms with van der Waals surface area (Å²) in [6.45, 7) is 0.601. The number of rotatable bonds is 7. The lowest BCUT2D eigenvalue weighted by atomic mass is 9.98. The van der Waals surface area contributed by atoms with E-state index in [0.717, 1.165) is 0 Å². The molecule has 1 fully saturated rings. The van der Waals surface area contributed by atoms with Crippen molar-refractivity contribution in [3.8, 4) is 23.8 Å². The van der Waals surface area contributed by atoms with Gasteiger partial charge in [-0.3, -0.25) is 14.9 Å². The van der Waals surface area contributed by atoms with E-state index in [9.17, 15) is 18.4 Å². The van der Waals surface area contributed by atoms with Crippen LogP contribution >= 0.6 is 0 Å². The third kappa shape index (κ3) is 4.43. The zero-order valence-electron chi connectivity index (χ0n) is 15.7. The first kappa shape index (κ1) is 20.9. The van der Waals surface area contributed by atoms with Crippen LogP contribution in [-0.2, 0) is 14.6 Å². The molecule has 1 heterocycles. The minimum absolute atomic E-state index is 0.0654. The van der Waals surface area contributed by atoms with E-state index < -0.39 is 27.0 Å². The fraction of sp³-hybridized carbons (Fsp3) is 0.286. The molecular weight excluding hydrogens is 392 g/mol. The molecule has 1 aliphatic rings. The average Bonchev–Trinajstić information content (AvgIpc) is 3.11. The van der Waals surface area contributed by atoms with Crippen molar-refractivity contribution >= 4 is 15.7 Å². The molecule has 1 atom stereocenters. The summed E-state index contributed by atoms with van der Waals surface area (Å²) in [7, 11) is -3.84. The Morgan fingerprint density at radius 1 is 1.17 bits per heavy atom. The van der Waals surface area contributed by atoms with Crippen molar-refractivity contribution in [2.24, 2.45) is 0 Å². The van der Waals surface area contributed by atoms with Crippen LogP contribution in [-0.4, -0.2) is 48.8 Å². The van der Waals surface area contributed by atoms with E-state index in [-0.39, 0.29) is 17.9 Å². The van der Waals surface area contributed by atoms with E-state index in [0.29, 0.717) is 24.5 Å². The molecule has 0 spiro atoms. The molecule has 1 saturated heterocycles. The molecule has 0 unspecified atom stereocenters. The van der Waals surface area contributed by atoms with Gasteiger partial charge in [-0.2, -0.15) is 0 Å². The highest BCUT2D eigenvalue weighted by Crippen LogP contribution is 2.33. The highest BCUT2D eigenvalue weighted by Gasteiger charge is 2.50. The van der Waals surface area contributed by atoms with Gasteiger partial charge >= 0.3 is 0 Å². The van der Waals surface area contributed by atoms with E-state index >= 15 is 0 Å². The molecule has 0 bridgehead atoms. The molecule has 152 valence electrons. The van der Waals surface area contributed by atoms with Gasteiger partial charge in [0.15, 0.2) is 9.84 Å². The second-order valence-corrected chi connectivity index (χ2v) is 8.84. The van der Waals surface area contributed by atoms with Crippen LogP contribution in [0.25, 0.3) is 0 Å². The van der Waals surface area contributed by atoms with Crippen molar-refractivity contribution in [2.45, 2.75) is 23.3 Å². The Morgan fingerprint density at radius 2 is 1.83 bits per heavy atom. The topological polar surface area (TPSA) is 95.9 Å². The minimum Gasteiger partial charge on any atom is -0.457 e. The Bertz CT molecular complexity index is 1000. The highest BCUT2D eigenvalue weighted by atomic mass is 32.2. The van der Waals surface area contributed by atoms with Gasteiger partial charge in [-0.1, -0.05) is 24.1 Å². The molecule has 29 heavy (non-hydrogen) atoms. The maximum Gasteiger partial charge on any atom is 0.264 e. The number of hydrogen-bond acceptors (Lipinski definition) is 6. The molecular formula is C21H22N2O5S. The van der Waals surface area contributed by atoms with Crippen molar-refractivity contribution in [1.29, 1.82) is 0 Å². The molecule has 0 aliphatic carbocycles. The monoisotopic (exact) mass is 414 g/mol. The lowest BCUT2D eigenvalue weighted by molar-refractivity contribution is -0.139. The molecule has 1 amide bonds. The first-order valence-electron chi connectivity index (χ1n) is 9.10. The number of carbonyl (C=O) groups is 1. The van der Waals surface area contributed by atoms with Crippen molar-refractivity contribution in [3.63, 3.8) is 0 Å². The van der Waals surface area contributed by atoms with Crippen molar-refractivity contribution in [3.05, 3.63) is 54.6 Å². The van der Waals surface area contributed by atoms with E-state index in [1.54, 1.807) is 34.6 Å². The predicted molar refractivity (Wildman–Crippen MR) is 107 cm³/mol. The number of terminal acetylenes is 1. The van der Waals surface area contributed by atoms with Crippen LogP contribution in [0.4, 0.5) is 0 Å². The van der Waals surface area contributed by atoms with E-state index in [1.807, 2.05) is 18.2 Å². The van der Waals surface area contributed by atoms with Crippen molar-refractivity contribution in [1.82, 2.24) is 10.4 Å². The Balaban J connectivity index is 1.84. The molecule has 0 saturated carbocycles. The van der Waals surface area contributed by atoms with Gasteiger partial charge in [-0.05, 0) is 49.2 Å². The first-order chi connectivity index (χ1) is 13.9. The number of para-hydroxylation sites is 1. The maximum absolute atomic E-state index is 13.1. The molecule has 0 radical (unpaired) electrons. The van der Waals surface area contributed by atoms with E-state index in [4.69, 9.17) is 11.2 Å². The lowest BCUT2D eigenvalue weighted by Gasteiger charge is -2.34. The standard InChI is InChI=1S/C21H22N2O5S/c1-2-14-23-15-6-13-21(23,20(24)22-25)16-29(26,27)19-11-9-18(10-12-19)28-17-7-4-3-5-8-17/h1,3-5,7-12,25H,6,13-16H2,(H,22,24)/t21-/m0/s1. The Kier molecular flexibility index (Phi) is 6.23. The number of hydroxylamine groups is 1. The third-order valence-electron chi connectivity index (χ3n) is 5.02. The van der Waals surface area contributed by atoms with E-state index in [1.165, 1.54) is 12.1 Å². The lowest BCUT2D eigenvalue weighted by Crippen LogP contribution is -2.58. The van der Waals surface area contributed by atoms with Crippen LogP contribution < -0.4 is 10.2 Å². The van der Waals surface area contributed by atoms with Gasteiger partial charge < -0.3 is 4.74 Å². The molecule has 3 rings (SSSR count). The van der Waals surface area contributed by atoms with E-state index in [2.05, 4.69) is 5.92 Å². The van der Waals surface area contributed by atoms with Crippen molar-refractivity contribution < 1.29 is 23.2 Å². The van der Waals surface area contributed by atoms with Crippen LogP contribution in [0.2, 0.25) is 0 Å². The second-order valence-electron chi connectivity index (χ2n) is 6.85. The molecule has 0 aromatic heterocycles. The number of benzene rings is 2. The Labute approximate surface area is 170 Å². The highest BCUT2D eigenvalue weighted by molar-refractivity contribution is 7.91. The number of likely N-dealkylation sites (tertiary alicyclic amines) is 1. The zero-order chi connectivity index (χ0) is 20.9. The summed E-state index contributed by atoms with van der Waals surface area (Å²) in [5, 5.41) is 9.20. The van der Waals surface area contributed by atoms with Gasteiger partial charge in [-0.25, -0.2) is 13.9 Å². The number of ether oxygens (including phenoxy) is 1. The molecule has 7 nitrogen and oxygen atoms in total. The van der Waals surface area contributed by atoms with Gasteiger partial charge in [-0.15, -0.1) is 6.42 Å². The molecule has 8 heteroatoms. The fourth-order valence-electron chi connectivity index (χ4n) is 3.60. The SMILES string of the molecule is C#CCN1CCC[C@]1(CS(=O)(=O)c1ccc(Oc2ccccc2)cc1)C(=O)NO. The Morgan fingerprint density at radius 3 is 2.45 bits per heavy atom. The number of nitrogens with zero attached hydrogens (tertiary/aromatic N) is 1. The average molecular weight is 414 g/mol. The van der Waals surface area contributed by atoms with Gasteiger partial charge in [0, 0.05) is 6.54 Å². The zero-order valence-corrected chi connectivity index (χ0v) is 16.6. The summed E-state index contributed by atoms with van der Waals surface area (Å²) in [6.07, 6.45) is 6.27. The summed E-state index contributed by atoms with van der Waals surface area (Å²) in [5.41, 5.74) is 0.209. The molecule has 2 N–H and O–H groups in total. The van der Waals surface area contributed by atoms with Gasteiger partial charge in [0.25, 0.3) is 5.91 Å². The summed E-state index contributed by atoms with van der Waals surface area (Å²) < 4.78 is 31.8. The predicted octanol–water partition coefficient (Wildman–Crippen LogP) is 2.23. The Hall–Kier alpha value is -2.86. The summed E-state index contributed by atoms with van der Waals surface area (Å²) in [4.78, 5) is 14.1. The summed E-state index contributed by atoms with van der Waals surface area (Å²) in [5.74, 6) is 2.34. The van der Waals surface area contributed by atoms with Crippen LogP contribution in [0, 0.1) is 12.3 Å². The number of sulfone groups is 1. The quantitative estimate of drug-likeness (QED) is 0.410. The molecule has 1 aliphatic heterocycles. The number of hydrogen-bond donors (Lipinski definition) is 2. The van der Waals surface area contributed by atoms with Crippen LogP contribution in [0.3, 0.4) is 0 Å². The molecule has 2 aromatic carbocycles. The van der Waals surface area contributed by atoms with Crippen LogP contribution in [0.1, 0.15) is 12.8 Å². The van der Waals surface area contributed by atoms with Gasteiger partial charge in [0.1, 0.15) is 17.0 Å². The first-order valence-corrected chi connectivity index (χ1v) is 10.8. The summed E-state index contributed by atoms with van der Waals surface area (Å²) >= 11 is 0. The molecule has 2 aromatic rings. The normalized spacial score (nSPS) is 19.4. The number of carbonyl (C=O) groups excluding carboxylic acids is 1. The number of nitrogens with one attached hydrogen (secondary N) is 1.